The van der Waals surface area contributed by atoms with Gasteiger partial charge in [0, 0.05) is 18.7 Å². The summed E-state index contributed by atoms with van der Waals surface area (Å²) in [5.74, 6) is 0.495. The molecule has 1 aliphatic rings. The van der Waals surface area contributed by atoms with Crippen LogP contribution in [-0.4, -0.2) is 42.2 Å². The van der Waals surface area contributed by atoms with Crippen LogP contribution in [0.4, 0.5) is 11.6 Å². The quantitative estimate of drug-likeness (QED) is 0.926. The zero-order chi connectivity index (χ0) is 14.5. The van der Waals surface area contributed by atoms with E-state index in [9.17, 15) is 4.79 Å². The lowest BCUT2D eigenvalue weighted by Gasteiger charge is -2.26. The molecule has 0 bridgehead atoms. The van der Waals surface area contributed by atoms with Gasteiger partial charge in [-0.05, 0) is 12.1 Å². The largest absolute Gasteiger partial charge is 0.378 e. The normalized spacial score (nSPS) is 14.8. The van der Waals surface area contributed by atoms with Crippen molar-refractivity contribution in [3.05, 3.63) is 48.3 Å². The number of nitrogens with zero attached hydrogens (tertiary/aromatic N) is 3. The van der Waals surface area contributed by atoms with Gasteiger partial charge in [0.15, 0.2) is 0 Å². The maximum Gasteiger partial charge on any atom is 0.255 e. The Bertz CT molecular complexity index is 595. The van der Waals surface area contributed by atoms with Crippen LogP contribution in [0.3, 0.4) is 0 Å². The van der Waals surface area contributed by atoms with Crippen molar-refractivity contribution >= 4 is 17.5 Å². The van der Waals surface area contributed by atoms with Gasteiger partial charge in [0.05, 0.1) is 31.3 Å². The number of anilines is 2. The van der Waals surface area contributed by atoms with Gasteiger partial charge in [-0.2, -0.15) is 0 Å². The predicted octanol–water partition coefficient (Wildman–Crippen LogP) is 1.57. The van der Waals surface area contributed by atoms with Crippen molar-refractivity contribution in [3.63, 3.8) is 0 Å². The number of nitrogens with one attached hydrogen (secondary N) is 1. The Kier molecular flexibility index (Phi) is 4.07. The van der Waals surface area contributed by atoms with Crippen LogP contribution < -0.4 is 10.2 Å². The smallest absolute Gasteiger partial charge is 0.255 e. The number of hydrogen-bond donors (Lipinski definition) is 1. The van der Waals surface area contributed by atoms with E-state index in [0.717, 1.165) is 13.1 Å². The molecule has 6 heteroatoms. The SMILES string of the molecule is O=C(Nc1cnc(N2CCOCC2)nc1)c1ccccc1. The van der Waals surface area contributed by atoms with Gasteiger partial charge in [0.1, 0.15) is 0 Å². The summed E-state index contributed by atoms with van der Waals surface area (Å²) in [5, 5.41) is 2.78. The number of hydrogen-bond acceptors (Lipinski definition) is 5. The summed E-state index contributed by atoms with van der Waals surface area (Å²) in [5.41, 5.74) is 1.19. The lowest BCUT2D eigenvalue weighted by molar-refractivity contribution is 0.102. The number of benzene rings is 1. The fraction of sp³-hybridized carbons (Fsp3) is 0.267. The number of rotatable bonds is 3. The molecule has 1 aliphatic heterocycles. The Labute approximate surface area is 122 Å². The first-order valence-corrected chi connectivity index (χ1v) is 6.84. The van der Waals surface area contributed by atoms with Crippen LogP contribution >= 0.6 is 0 Å². The number of carbonyl (C=O) groups is 1. The van der Waals surface area contributed by atoms with E-state index in [0.29, 0.717) is 30.4 Å². The molecule has 3 rings (SSSR count). The number of carbonyl (C=O) groups excluding carboxylic acids is 1. The maximum absolute atomic E-state index is 12.0. The van der Waals surface area contributed by atoms with Gasteiger partial charge < -0.3 is 15.0 Å². The average Bonchev–Trinajstić information content (AvgIpc) is 2.57. The van der Waals surface area contributed by atoms with Gasteiger partial charge in [-0.1, -0.05) is 18.2 Å². The van der Waals surface area contributed by atoms with Crippen molar-refractivity contribution in [2.24, 2.45) is 0 Å². The molecule has 0 radical (unpaired) electrons. The molecule has 0 spiro atoms. The predicted molar refractivity (Wildman–Crippen MR) is 79.5 cm³/mol. The highest BCUT2D eigenvalue weighted by Crippen LogP contribution is 2.12. The topological polar surface area (TPSA) is 67.4 Å². The molecule has 0 unspecified atom stereocenters. The molecule has 1 aromatic heterocycles. The molecule has 0 saturated carbocycles. The molecule has 2 heterocycles. The zero-order valence-electron chi connectivity index (χ0n) is 11.5. The minimum absolute atomic E-state index is 0.168. The molecule has 1 amide bonds. The molecule has 1 saturated heterocycles. The highest BCUT2D eigenvalue weighted by molar-refractivity contribution is 6.04. The molecule has 21 heavy (non-hydrogen) atoms. The third kappa shape index (κ3) is 3.35. The molecule has 1 fully saturated rings. The summed E-state index contributed by atoms with van der Waals surface area (Å²) >= 11 is 0. The second-order valence-electron chi connectivity index (χ2n) is 4.69. The Hall–Kier alpha value is -2.47. The standard InChI is InChI=1S/C15H16N4O2/c20-14(12-4-2-1-3-5-12)18-13-10-16-15(17-11-13)19-6-8-21-9-7-19/h1-5,10-11H,6-9H2,(H,18,20). The number of amides is 1. The van der Waals surface area contributed by atoms with E-state index in [2.05, 4.69) is 20.2 Å². The summed E-state index contributed by atoms with van der Waals surface area (Å²) in [6, 6.07) is 9.05. The van der Waals surface area contributed by atoms with E-state index in [1.165, 1.54) is 0 Å². The summed E-state index contributed by atoms with van der Waals surface area (Å²) in [7, 11) is 0. The summed E-state index contributed by atoms with van der Waals surface area (Å²) in [6.07, 6.45) is 3.25. The van der Waals surface area contributed by atoms with Crippen molar-refractivity contribution in [2.75, 3.05) is 36.5 Å². The lowest BCUT2D eigenvalue weighted by atomic mass is 10.2. The van der Waals surface area contributed by atoms with Crippen LogP contribution in [0.1, 0.15) is 10.4 Å². The van der Waals surface area contributed by atoms with Crippen LogP contribution in [-0.2, 0) is 4.74 Å². The zero-order valence-corrected chi connectivity index (χ0v) is 11.5. The highest BCUT2D eigenvalue weighted by atomic mass is 16.5. The van der Waals surface area contributed by atoms with E-state index in [1.807, 2.05) is 18.2 Å². The number of ether oxygens (including phenoxy) is 1. The molecule has 1 N–H and O–H groups in total. The van der Waals surface area contributed by atoms with Crippen LogP contribution in [0, 0.1) is 0 Å². The molecule has 0 aliphatic carbocycles. The minimum atomic E-state index is -0.168. The van der Waals surface area contributed by atoms with Gasteiger partial charge in [0.2, 0.25) is 5.95 Å². The van der Waals surface area contributed by atoms with Crippen molar-refractivity contribution in [1.29, 1.82) is 0 Å². The highest BCUT2D eigenvalue weighted by Gasteiger charge is 2.13. The van der Waals surface area contributed by atoms with E-state index in [-0.39, 0.29) is 5.91 Å². The Morgan fingerprint density at radius 2 is 1.76 bits per heavy atom. The number of aromatic nitrogens is 2. The van der Waals surface area contributed by atoms with Crippen LogP contribution in [0.2, 0.25) is 0 Å². The van der Waals surface area contributed by atoms with Gasteiger partial charge in [0.25, 0.3) is 5.91 Å². The fourth-order valence-electron chi connectivity index (χ4n) is 2.11. The number of morpholine rings is 1. The van der Waals surface area contributed by atoms with Gasteiger partial charge in [-0.3, -0.25) is 4.79 Å². The van der Waals surface area contributed by atoms with Crippen LogP contribution in [0.5, 0.6) is 0 Å². The molecule has 0 atom stereocenters. The summed E-state index contributed by atoms with van der Waals surface area (Å²) in [4.78, 5) is 22.7. The molecule has 2 aromatic rings. The Balaban J connectivity index is 1.65. The van der Waals surface area contributed by atoms with Gasteiger partial charge >= 0.3 is 0 Å². The minimum Gasteiger partial charge on any atom is -0.378 e. The van der Waals surface area contributed by atoms with Gasteiger partial charge in [-0.15, -0.1) is 0 Å². The third-order valence-corrected chi connectivity index (χ3v) is 3.23. The van der Waals surface area contributed by atoms with E-state index >= 15 is 0 Å². The van der Waals surface area contributed by atoms with E-state index in [1.54, 1.807) is 24.5 Å². The second kappa shape index (κ2) is 6.32. The van der Waals surface area contributed by atoms with Gasteiger partial charge in [-0.25, -0.2) is 9.97 Å². The Morgan fingerprint density at radius 3 is 2.43 bits per heavy atom. The van der Waals surface area contributed by atoms with Crippen molar-refractivity contribution in [1.82, 2.24) is 9.97 Å². The summed E-state index contributed by atoms with van der Waals surface area (Å²) in [6.45, 7) is 2.96. The molecular weight excluding hydrogens is 268 g/mol. The molecule has 1 aromatic carbocycles. The van der Waals surface area contributed by atoms with Crippen molar-refractivity contribution < 1.29 is 9.53 Å². The molecule has 108 valence electrons. The second-order valence-corrected chi connectivity index (χ2v) is 4.69. The first kappa shape index (κ1) is 13.5. The first-order chi connectivity index (χ1) is 10.3. The average molecular weight is 284 g/mol. The molecular formula is C15H16N4O2. The Morgan fingerprint density at radius 1 is 1.10 bits per heavy atom. The fourth-order valence-corrected chi connectivity index (χ4v) is 2.11. The van der Waals surface area contributed by atoms with Crippen molar-refractivity contribution in [2.45, 2.75) is 0 Å². The van der Waals surface area contributed by atoms with Crippen LogP contribution in [0.15, 0.2) is 42.7 Å². The van der Waals surface area contributed by atoms with E-state index in [4.69, 9.17) is 4.74 Å². The lowest BCUT2D eigenvalue weighted by Crippen LogP contribution is -2.37. The third-order valence-electron chi connectivity index (χ3n) is 3.23. The van der Waals surface area contributed by atoms with Crippen LogP contribution in [0.25, 0.3) is 0 Å². The van der Waals surface area contributed by atoms with E-state index < -0.39 is 0 Å². The summed E-state index contributed by atoms with van der Waals surface area (Å²) < 4.78 is 5.29. The maximum atomic E-state index is 12.0. The first-order valence-electron chi connectivity index (χ1n) is 6.84. The monoisotopic (exact) mass is 284 g/mol. The van der Waals surface area contributed by atoms with Crippen molar-refractivity contribution in [3.8, 4) is 0 Å². The molecule has 6 nitrogen and oxygen atoms in total.